The Morgan fingerprint density at radius 2 is 1.90 bits per heavy atom. The van der Waals surface area contributed by atoms with Crippen LogP contribution in [0.1, 0.15) is 61.9 Å². The largest absolute Gasteiger partial charge is 0.507 e. The van der Waals surface area contributed by atoms with Gasteiger partial charge < -0.3 is 19.3 Å². The first kappa shape index (κ1) is 34.1. The lowest BCUT2D eigenvalue weighted by molar-refractivity contribution is -0.132. The number of ether oxygens (including phenoxy) is 3. The number of hydrogen-bond donors (Lipinski definition) is 1. The van der Waals surface area contributed by atoms with Crippen molar-refractivity contribution in [2.75, 3.05) is 18.1 Å². The molecule has 0 radical (unpaired) electrons. The molecule has 6 rings (SSSR count). The number of ketones is 1. The summed E-state index contributed by atoms with van der Waals surface area (Å²) in [4.78, 5) is 29.0. The molecule has 1 saturated heterocycles. The van der Waals surface area contributed by atoms with Crippen molar-refractivity contribution in [2.45, 2.75) is 62.3 Å². The Balaban J connectivity index is 1.41. The average Bonchev–Trinajstić information content (AvgIpc) is 3.76. The van der Waals surface area contributed by atoms with Gasteiger partial charge in [-0.15, -0.1) is 10.2 Å². The number of nitrogens with zero attached hydrogens (tertiary/aromatic N) is 3. The number of carbonyl (C=O) groups is 2. The Hall–Kier alpha value is -3.77. The molecule has 4 aromatic rings. The van der Waals surface area contributed by atoms with Gasteiger partial charge in [-0.2, -0.15) is 0 Å². The monoisotopic (exact) mass is 725 g/mol. The summed E-state index contributed by atoms with van der Waals surface area (Å²) in [5, 5.41) is 21.7. The summed E-state index contributed by atoms with van der Waals surface area (Å²) in [5.41, 5.74) is 2.66. The van der Waals surface area contributed by atoms with Gasteiger partial charge in [-0.1, -0.05) is 71.8 Å². The third-order valence-corrected chi connectivity index (χ3v) is 10.6. The summed E-state index contributed by atoms with van der Waals surface area (Å²) in [6.45, 7) is 6.80. The first-order valence-electron chi connectivity index (χ1n) is 15.6. The maximum Gasteiger partial charge on any atom is 0.301 e. The van der Waals surface area contributed by atoms with Gasteiger partial charge in [0.15, 0.2) is 15.8 Å². The summed E-state index contributed by atoms with van der Waals surface area (Å²) < 4.78 is 18.3. The van der Waals surface area contributed by atoms with Crippen molar-refractivity contribution in [3.05, 3.63) is 92.5 Å². The molecule has 1 aromatic heterocycles. The van der Waals surface area contributed by atoms with Gasteiger partial charge in [0.05, 0.1) is 24.8 Å². The van der Waals surface area contributed by atoms with Crippen LogP contribution in [0.3, 0.4) is 0 Å². The van der Waals surface area contributed by atoms with Crippen molar-refractivity contribution in [3.63, 3.8) is 0 Å². The van der Waals surface area contributed by atoms with Gasteiger partial charge in [-0.05, 0) is 79.4 Å². The summed E-state index contributed by atoms with van der Waals surface area (Å²) >= 11 is 15.0. The number of Topliss-reactive ketones (excluding diaryl/α,β-unsaturated/α-hetero) is 1. The second-order valence-corrected chi connectivity index (χ2v) is 14.4. The number of rotatable bonds is 12. The Morgan fingerprint density at radius 3 is 2.67 bits per heavy atom. The fourth-order valence-corrected chi connectivity index (χ4v) is 8.04. The Morgan fingerprint density at radius 1 is 1.06 bits per heavy atom. The fourth-order valence-electron chi connectivity index (χ4n) is 5.62. The van der Waals surface area contributed by atoms with Crippen molar-refractivity contribution in [1.82, 2.24) is 10.2 Å². The van der Waals surface area contributed by atoms with Gasteiger partial charge in [0, 0.05) is 27.8 Å². The molecule has 250 valence electrons. The van der Waals surface area contributed by atoms with Crippen LogP contribution in [0.4, 0.5) is 5.13 Å². The van der Waals surface area contributed by atoms with E-state index in [4.69, 9.17) is 37.4 Å². The molecule has 13 heteroatoms. The third kappa shape index (κ3) is 7.01. The standard InChI is InChI=1S/C35H33Cl2N3O6S2/c1-4-6-13-45-27-12-8-20(16-28(27)44-5-2)30-29(31(41)21-9-11-26-23(15-21)14-19(3)46-26)32(42)33(43)40(30)34-38-39-35(48-34)47-18-22-7-10-24(36)17-25(22)37/h7-12,15-17,19,30,41H,4-6,13-14,18H2,1-3H3/b31-29+/t19-,30+/m0/s1. The molecule has 48 heavy (non-hydrogen) atoms. The highest BCUT2D eigenvalue weighted by Crippen LogP contribution is 2.46. The zero-order valence-corrected chi connectivity index (χ0v) is 29.6. The van der Waals surface area contributed by atoms with Crippen molar-refractivity contribution < 1.29 is 28.9 Å². The number of fused-ring (bicyclic) bond motifs is 1. The molecule has 2 aliphatic rings. The SMILES string of the molecule is CCCCOc1ccc([C@@H]2/C(=C(\O)c3ccc4c(c3)C[C@H](C)O4)C(=O)C(=O)N2c2nnc(SCc3ccc(Cl)cc3Cl)s2)cc1OCC. The number of aliphatic hydroxyl groups is 1. The summed E-state index contributed by atoms with van der Waals surface area (Å²) in [5.74, 6) is 0.291. The normalized spacial score (nSPS) is 18.2. The minimum Gasteiger partial charge on any atom is -0.507 e. The summed E-state index contributed by atoms with van der Waals surface area (Å²) in [6, 6.07) is 14.8. The number of carbonyl (C=O) groups excluding carboxylic acids is 2. The second-order valence-electron chi connectivity index (χ2n) is 11.3. The third-order valence-electron chi connectivity index (χ3n) is 7.92. The first-order chi connectivity index (χ1) is 23.2. The van der Waals surface area contributed by atoms with Gasteiger partial charge in [-0.25, -0.2) is 0 Å². The molecule has 1 fully saturated rings. The van der Waals surface area contributed by atoms with Crippen molar-refractivity contribution in [2.24, 2.45) is 0 Å². The number of thioether (sulfide) groups is 1. The highest BCUT2D eigenvalue weighted by molar-refractivity contribution is 8.00. The van der Waals surface area contributed by atoms with Crippen molar-refractivity contribution in [3.8, 4) is 17.2 Å². The number of amides is 1. The molecule has 2 atom stereocenters. The predicted molar refractivity (Wildman–Crippen MR) is 189 cm³/mol. The molecule has 3 heterocycles. The quantitative estimate of drug-likeness (QED) is 0.0383. The van der Waals surface area contributed by atoms with Crippen LogP contribution in [-0.2, 0) is 21.8 Å². The second kappa shape index (κ2) is 14.8. The van der Waals surface area contributed by atoms with E-state index >= 15 is 0 Å². The first-order valence-corrected chi connectivity index (χ1v) is 18.1. The maximum atomic E-state index is 13.8. The van der Waals surface area contributed by atoms with E-state index in [1.807, 2.05) is 19.9 Å². The number of benzene rings is 3. The van der Waals surface area contributed by atoms with Crippen LogP contribution >= 0.6 is 46.3 Å². The molecule has 0 spiro atoms. The van der Waals surface area contributed by atoms with Gasteiger partial charge >= 0.3 is 5.91 Å². The molecule has 0 aliphatic carbocycles. The molecule has 0 bridgehead atoms. The molecule has 0 unspecified atom stereocenters. The topological polar surface area (TPSA) is 111 Å². The number of aliphatic hydroxyl groups excluding tert-OH is 1. The number of aromatic nitrogens is 2. The molecule has 3 aromatic carbocycles. The fraction of sp³-hybridized carbons (Fsp3) is 0.314. The van der Waals surface area contributed by atoms with Crippen LogP contribution in [0.5, 0.6) is 17.2 Å². The van der Waals surface area contributed by atoms with Gasteiger partial charge in [0.1, 0.15) is 17.6 Å². The van der Waals surface area contributed by atoms with Gasteiger partial charge in [0.25, 0.3) is 5.78 Å². The zero-order valence-electron chi connectivity index (χ0n) is 26.5. The Bertz CT molecular complexity index is 1900. The molecular formula is C35H33Cl2N3O6S2. The summed E-state index contributed by atoms with van der Waals surface area (Å²) in [7, 11) is 0. The minimum atomic E-state index is -1.02. The molecule has 1 amide bonds. The van der Waals surface area contributed by atoms with E-state index < -0.39 is 17.7 Å². The van der Waals surface area contributed by atoms with Gasteiger partial charge in [0.2, 0.25) is 5.13 Å². The molecule has 9 nitrogen and oxygen atoms in total. The molecule has 0 saturated carbocycles. The highest BCUT2D eigenvalue weighted by atomic mass is 35.5. The van der Waals surface area contributed by atoms with E-state index in [1.54, 1.807) is 48.5 Å². The van der Waals surface area contributed by atoms with E-state index in [2.05, 4.69) is 17.1 Å². The Kier molecular flexibility index (Phi) is 10.5. The minimum absolute atomic E-state index is 0.00166. The predicted octanol–water partition coefficient (Wildman–Crippen LogP) is 8.66. The van der Waals surface area contributed by atoms with Crippen LogP contribution in [0.15, 0.2) is 64.5 Å². The van der Waals surface area contributed by atoms with Gasteiger partial charge in [-0.3, -0.25) is 14.5 Å². The van der Waals surface area contributed by atoms with E-state index in [1.165, 1.54) is 28.0 Å². The van der Waals surface area contributed by atoms with Crippen LogP contribution in [0, 0.1) is 0 Å². The molecule has 1 N–H and O–H groups in total. The number of hydrogen-bond acceptors (Lipinski definition) is 10. The molecular weight excluding hydrogens is 693 g/mol. The van der Waals surface area contributed by atoms with E-state index in [0.717, 1.165) is 29.7 Å². The van der Waals surface area contributed by atoms with Crippen LogP contribution < -0.4 is 19.1 Å². The lowest BCUT2D eigenvalue weighted by atomic mass is 9.94. The Labute approximate surface area is 296 Å². The van der Waals surface area contributed by atoms with Crippen LogP contribution in [0.25, 0.3) is 5.76 Å². The lowest BCUT2D eigenvalue weighted by Gasteiger charge is -2.23. The lowest BCUT2D eigenvalue weighted by Crippen LogP contribution is -2.29. The maximum absolute atomic E-state index is 13.8. The van der Waals surface area contributed by atoms with Crippen LogP contribution in [0.2, 0.25) is 10.0 Å². The van der Waals surface area contributed by atoms with Crippen molar-refractivity contribution in [1.29, 1.82) is 0 Å². The number of halogens is 2. The van der Waals surface area contributed by atoms with Crippen LogP contribution in [-0.4, -0.2) is 46.3 Å². The highest BCUT2D eigenvalue weighted by Gasteiger charge is 2.48. The zero-order chi connectivity index (χ0) is 33.9. The summed E-state index contributed by atoms with van der Waals surface area (Å²) in [6.07, 6.45) is 2.51. The average molecular weight is 727 g/mol. The number of unbranched alkanes of at least 4 members (excludes halogenated alkanes) is 1. The van der Waals surface area contributed by atoms with E-state index in [-0.39, 0.29) is 22.6 Å². The molecule has 2 aliphatic heterocycles. The number of anilines is 1. The van der Waals surface area contributed by atoms with E-state index in [0.29, 0.717) is 62.4 Å². The van der Waals surface area contributed by atoms with E-state index in [9.17, 15) is 14.7 Å². The smallest absolute Gasteiger partial charge is 0.301 e. The van der Waals surface area contributed by atoms with Crippen molar-refractivity contribution >= 4 is 68.9 Å².